The van der Waals surface area contributed by atoms with Crippen molar-refractivity contribution in [3.63, 3.8) is 0 Å². The second-order valence-corrected chi connectivity index (χ2v) is 5.03. The van der Waals surface area contributed by atoms with E-state index in [0.717, 1.165) is 40.5 Å². The lowest BCUT2D eigenvalue weighted by molar-refractivity contribution is 0.296. The van der Waals surface area contributed by atoms with Crippen molar-refractivity contribution in [2.24, 2.45) is 5.73 Å². The van der Waals surface area contributed by atoms with E-state index in [1.165, 1.54) is 0 Å². The molecule has 1 heterocycles. The maximum Gasteiger partial charge on any atom is 0.164 e. The monoisotopic (exact) mass is 269 g/mol. The third-order valence-electron chi connectivity index (χ3n) is 3.33. The van der Waals surface area contributed by atoms with Gasteiger partial charge in [0.05, 0.1) is 13.2 Å². The zero-order chi connectivity index (χ0) is 13.1. The summed E-state index contributed by atoms with van der Waals surface area (Å²) in [5.74, 6) is 1.85. The summed E-state index contributed by atoms with van der Waals surface area (Å²) in [5, 5.41) is 0.731. The summed E-state index contributed by atoms with van der Waals surface area (Å²) in [6, 6.07) is 1.86. The van der Waals surface area contributed by atoms with E-state index in [2.05, 4.69) is 13.8 Å². The number of nitrogens with two attached hydrogens (primary N) is 1. The van der Waals surface area contributed by atoms with Crippen molar-refractivity contribution in [3.8, 4) is 11.5 Å². The maximum absolute atomic E-state index is 6.38. The predicted molar refractivity (Wildman–Crippen MR) is 73.9 cm³/mol. The van der Waals surface area contributed by atoms with Gasteiger partial charge in [0.2, 0.25) is 0 Å². The Hall–Kier alpha value is -0.930. The molecule has 1 aliphatic rings. The van der Waals surface area contributed by atoms with E-state index >= 15 is 0 Å². The Morgan fingerprint density at radius 3 is 2.78 bits per heavy atom. The van der Waals surface area contributed by atoms with Gasteiger partial charge < -0.3 is 15.2 Å². The van der Waals surface area contributed by atoms with Crippen LogP contribution in [0.3, 0.4) is 0 Å². The third kappa shape index (κ3) is 2.43. The molecule has 3 nitrogen and oxygen atoms in total. The Bertz CT molecular complexity index is 434. The van der Waals surface area contributed by atoms with Crippen molar-refractivity contribution in [2.75, 3.05) is 19.8 Å². The minimum atomic E-state index is 0.226. The van der Waals surface area contributed by atoms with Crippen LogP contribution in [0.5, 0.6) is 11.5 Å². The van der Waals surface area contributed by atoms with Crippen molar-refractivity contribution in [1.82, 2.24) is 0 Å². The van der Waals surface area contributed by atoms with Gasteiger partial charge >= 0.3 is 0 Å². The molecule has 1 aromatic rings. The normalized spacial score (nSPS) is 16.2. The smallest absolute Gasteiger partial charge is 0.164 e. The largest absolute Gasteiger partial charge is 0.489 e. The Morgan fingerprint density at radius 2 is 2.11 bits per heavy atom. The highest BCUT2D eigenvalue weighted by molar-refractivity contribution is 6.31. The fourth-order valence-electron chi connectivity index (χ4n) is 2.36. The van der Waals surface area contributed by atoms with Gasteiger partial charge in [-0.25, -0.2) is 0 Å². The van der Waals surface area contributed by atoms with Gasteiger partial charge in [0.1, 0.15) is 0 Å². The van der Waals surface area contributed by atoms with Crippen LogP contribution in [-0.2, 0) is 6.42 Å². The van der Waals surface area contributed by atoms with Gasteiger partial charge in [-0.1, -0.05) is 25.4 Å². The predicted octanol–water partition coefficient (Wildman–Crippen LogP) is 3.13. The molecule has 0 radical (unpaired) electrons. The zero-order valence-corrected chi connectivity index (χ0v) is 11.7. The topological polar surface area (TPSA) is 44.5 Å². The highest BCUT2D eigenvalue weighted by atomic mass is 35.5. The molecule has 2 rings (SSSR count). The summed E-state index contributed by atoms with van der Waals surface area (Å²) in [4.78, 5) is 0. The lowest BCUT2D eigenvalue weighted by Crippen LogP contribution is -2.12. The first-order chi connectivity index (χ1) is 8.69. The number of hydrogen-bond acceptors (Lipinski definition) is 3. The molecular weight excluding hydrogens is 250 g/mol. The highest BCUT2D eigenvalue weighted by Crippen LogP contribution is 2.42. The van der Waals surface area contributed by atoms with E-state index in [4.69, 9.17) is 26.8 Å². The van der Waals surface area contributed by atoms with E-state index in [1.54, 1.807) is 0 Å². The third-order valence-corrected chi connectivity index (χ3v) is 3.64. The maximum atomic E-state index is 6.38. The first kappa shape index (κ1) is 13.5. The van der Waals surface area contributed by atoms with Crippen LogP contribution < -0.4 is 15.2 Å². The first-order valence-electron chi connectivity index (χ1n) is 6.50. The molecule has 0 fully saturated rings. The molecule has 0 aromatic heterocycles. The van der Waals surface area contributed by atoms with E-state index < -0.39 is 0 Å². The number of hydrogen-bond donors (Lipinski definition) is 1. The van der Waals surface area contributed by atoms with Crippen LogP contribution in [0.15, 0.2) is 6.07 Å². The molecule has 2 N–H and O–H groups in total. The summed E-state index contributed by atoms with van der Waals surface area (Å²) in [6.07, 6.45) is 1.77. The molecule has 1 unspecified atom stereocenters. The molecule has 1 aromatic carbocycles. The minimum absolute atomic E-state index is 0.226. The van der Waals surface area contributed by atoms with Crippen LogP contribution in [0, 0.1) is 0 Å². The Labute approximate surface area is 113 Å². The SMILES string of the molecule is CCc1c2c(cc(Cl)c1C(C)CN)OCCCO2. The second kappa shape index (κ2) is 5.81. The number of ether oxygens (including phenoxy) is 2. The van der Waals surface area contributed by atoms with Gasteiger partial charge in [0, 0.05) is 23.1 Å². The number of rotatable bonds is 3. The molecule has 100 valence electrons. The van der Waals surface area contributed by atoms with Gasteiger partial charge in [0.15, 0.2) is 11.5 Å². The minimum Gasteiger partial charge on any atom is -0.489 e. The van der Waals surface area contributed by atoms with E-state index in [9.17, 15) is 0 Å². The Balaban J connectivity index is 2.57. The standard InChI is InChI=1S/C14H20ClNO2/c1-3-10-13(9(2)8-16)11(15)7-12-14(10)18-6-4-5-17-12/h7,9H,3-6,8,16H2,1-2H3. The van der Waals surface area contributed by atoms with Gasteiger partial charge in [0.25, 0.3) is 0 Å². The van der Waals surface area contributed by atoms with Crippen LogP contribution >= 0.6 is 11.6 Å². The molecule has 4 heteroatoms. The van der Waals surface area contributed by atoms with Gasteiger partial charge in [-0.15, -0.1) is 0 Å². The first-order valence-corrected chi connectivity index (χ1v) is 6.87. The van der Waals surface area contributed by atoms with E-state index in [-0.39, 0.29) is 5.92 Å². The Morgan fingerprint density at radius 1 is 1.39 bits per heavy atom. The molecule has 0 saturated heterocycles. The van der Waals surface area contributed by atoms with Crippen LogP contribution in [-0.4, -0.2) is 19.8 Å². The molecule has 1 aliphatic heterocycles. The highest BCUT2D eigenvalue weighted by Gasteiger charge is 2.22. The van der Waals surface area contributed by atoms with E-state index in [0.29, 0.717) is 19.8 Å². The fourth-order valence-corrected chi connectivity index (χ4v) is 2.76. The van der Waals surface area contributed by atoms with Gasteiger partial charge in [-0.2, -0.15) is 0 Å². The summed E-state index contributed by atoms with van der Waals surface area (Å²) >= 11 is 6.38. The lowest BCUT2D eigenvalue weighted by Gasteiger charge is -2.21. The fraction of sp³-hybridized carbons (Fsp3) is 0.571. The van der Waals surface area contributed by atoms with Crippen LogP contribution in [0.4, 0.5) is 0 Å². The van der Waals surface area contributed by atoms with Gasteiger partial charge in [-0.05, 0) is 24.4 Å². The molecule has 0 saturated carbocycles. The van der Waals surface area contributed by atoms with Crippen LogP contribution in [0.1, 0.15) is 37.3 Å². The number of benzene rings is 1. The average Bonchev–Trinajstić information content (AvgIpc) is 2.61. The van der Waals surface area contributed by atoms with E-state index in [1.807, 2.05) is 6.07 Å². The zero-order valence-electron chi connectivity index (χ0n) is 11.0. The molecule has 0 spiro atoms. The molecule has 1 atom stereocenters. The second-order valence-electron chi connectivity index (χ2n) is 4.62. The molecular formula is C14H20ClNO2. The molecule has 0 aliphatic carbocycles. The van der Waals surface area contributed by atoms with Crippen molar-refractivity contribution >= 4 is 11.6 Å². The summed E-state index contributed by atoms with van der Waals surface area (Å²) in [6.45, 7) is 6.14. The summed E-state index contributed by atoms with van der Waals surface area (Å²) in [7, 11) is 0. The van der Waals surface area contributed by atoms with Crippen molar-refractivity contribution in [2.45, 2.75) is 32.6 Å². The summed E-state index contributed by atoms with van der Waals surface area (Å²) in [5.41, 5.74) is 8.01. The van der Waals surface area contributed by atoms with Gasteiger partial charge in [-0.3, -0.25) is 0 Å². The van der Waals surface area contributed by atoms with Crippen molar-refractivity contribution < 1.29 is 9.47 Å². The average molecular weight is 270 g/mol. The molecule has 0 amide bonds. The van der Waals surface area contributed by atoms with Crippen LogP contribution in [0.25, 0.3) is 0 Å². The number of fused-ring (bicyclic) bond motifs is 1. The lowest BCUT2D eigenvalue weighted by atomic mass is 9.93. The summed E-state index contributed by atoms with van der Waals surface area (Å²) < 4.78 is 11.5. The molecule has 0 bridgehead atoms. The molecule has 18 heavy (non-hydrogen) atoms. The van der Waals surface area contributed by atoms with Crippen LogP contribution in [0.2, 0.25) is 5.02 Å². The number of halogens is 1. The Kier molecular flexibility index (Phi) is 4.36. The van der Waals surface area contributed by atoms with Crippen molar-refractivity contribution in [1.29, 1.82) is 0 Å². The quantitative estimate of drug-likeness (QED) is 0.917. The van der Waals surface area contributed by atoms with Crippen molar-refractivity contribution in [3.05, 3.63) is 22.2 Å².